The Balaban J connectivity index is 2.21. The predicted molar refractivity (Wildman–Crippen MR) is 82.4 cm³/mol. The quantitative estimate of drug-likeness (QED) is 0.639. The molecule has 0 aliphatic rings. The molecule has 0 heterocycles. The summed E-state index contributed by atoms with van der Waals surface area (Å²) in [6.07, 6.45) is 0. The van der Waals surface area contributed by atoms with Gasteiger partial charge in [-0.2, -0.15) is 0 Å². The molecule has 110 valence electrons. The van der Waals surface area contributed by atoms with E-state index in [-0.39, 0.29) is 18.3 Å². The van der Waals surface area contributed by atoms with Crippen LogP contribution in [0.1, 0.15) is 11.1 Å². The summed E-state index contributed by atoms with van der Waals surface area (Å²) in [6, 6.07) is 9.71. The van der Waals surface area contributed by atoms with Crippen molar-refractivity contribution in [3.05, 3.63) is 57.8 Å². The van der Waals surface area contributed by atoms with E-state index in [1.54, 1.807) is 30.3 Å². The molecule has 0 aliphatic heterocycles. The number of rotatable bonds is 5. The molecule has 0 aromatic heterocycles. The monoisotopic (exact) mass is 352 g/mol. The van der Waals surface area contributed by atoms with Crippen molar-refractivity contribution < 1.29 is 13.9 Å². The Morgan fingerprint density at radius 1 is 1.29 bits per heavy atom. The molecule has 0 fully saturated rings. The van der Waals surface area contributed by atoms with Crippen LogP contribution in [-0.2, 0) is 6.61 Å². The fraction of sp³-hybridized carbons (Fsp3) is 0.133. The van der Waals surface area contributed by atoms with Gasteiger partial charge >= 0.3 is 0 Å². The van der Waals surface area contributed by atoms with E-state index in [0.717, 1.165) is 0 Å². The van der Waals surface area contributed by atoms with Crippen LogP contribution < -0.4 is 15.2 Å². The minimum atomic E-state index is -0.342. The standard InChI is InChI=1S/C15H14BrFN2O2/c1-20-11-5-10(15(18)19)6-12(7-11)21-8-9-3-2-4-13(17)14(9)16/h2-7H,8H2,1H3,(H3,18,19). The third-order valence-electron chi connectivity index (χ3n) is 2.85. The van der Waals surface area contributed by atoms with E-state index in [0.29, 0.717) is 27.1 Å². The van der Waals surface area contributed by atoms with Crippen molar-refractivity contribution in [3.8, 4) is 11.5 Å². The van der Waals surface area contributed by atoms with Crippen molar-refractivity contribution in [2.45, 2.75) is 6.61 Å². The summed E-state index contributed by atoms with van der Waals surface area (Å²) < 4.78 is 24.6. The lowest BCUT2D eigenvalue weighted by Gasteiger charge is -2.11. The molecule has 3 N–H and O–H groups in total. The second kappa shape index (κ2) is 6.58. The van der Waals surface area contributed by atoms with E-state index in [1.165, 1.54) is 13.2 Å². The van der Waals surface area contributed by atoms with E-state index in [1.807, 2.05) is 0 Å². The van der Waals surface area contributed by atoms with Crippen molar-refractivity contribution in [3.63, 3.8) is 0 Å². The zero-order chi connectivity index (χ0) is 15.4. The maximum absolute atomic E-state index is 13.4. The Morgan fingerprint density at radius 3 is 2.67 bits per heavy atom. The lowest BCUT2D eigenvalue weighted by molar-refractivity contribution is 0.302. The van der Waals surface area contributed by atoms with Gasteiger partial charge in [-0.3, -0.25) is 5.41 Å². The smallest absolute Gasteiger partial charge is 0.137 e. The maximum Gasteiger partial charge on any atom is 0.137 e. The van der Waals surface area contributed by atoms with Crippen molar-refractivity contribution in [1.29, 1.82) is 5.41 Å². The number of methoxy groups -OCH3 is 1. The molecule has 0 amide bonds. The van der Waals surface area contributed by atoms with Crippen LogP contribution in [0.25, 0.3) is 0 Å². The van der Waals surface area contributed by atoms with Crippen LogP contribution in [0.4, 0.5) is 4.39 Å². The van der Waals surface area contributed by atoms with Crippen molar-refractivity contribution >= 4 is 21.8 Å². The van der Waals surface area contributed by atoms with E-state index < -0.39 is 0 Å². The Labute approximate surface area is 130 Å². The third-order valence-corrected chi connectivity index (χ3v) is 3.74. The summed E-state index contributed by atoms with van der Waals surface area (Å²) in [5, 5.41) is 7.47. The zero-order valence-corrected chi connectivity index (χ0v) is 12.9. The first-order chi connectivity index (χ1) is 10.0. The molecule has 2 rings (SSSR count). The SMILES string of the molecule is COc1cc(OCc2cccc(F)c2Br)cc(C(=N)N)c1. The molecule has 0 spiro atoms. The predicted octanol–water partition coefficient (Wildman–Crippen LogP) is 3.46. The number of ether oxygens (including phenoxy) is 2. The van der Waals surface area contributed by atoms with Gasteiger partial charge in [0.2, 0.25) is 0 Å². The Kier molecular flexibility index (Phi) is 4.80. The molecule has 0 saturated heterocycles. The summed E-state index contributed by atoms with van der Waals surface area (Å²) in [6.45, 7) is 0.183. The molecule has 2 aromatic carbocycles. The average molecular weight is 353 g/mol. The highest BCUT2D eigenvalue weighted by atomic mass is 79.9. The van der Waals surface area contributed by atoms with E-state index >= 15 is 0 Å². The number of hydrogen-bond acceptors (Lipinski definition) is 3. The number of nitrogen functional groups attached to an aromatic ring is 1. The molecule has 0 bridgehead atoms. The normalized spacial score (nSPS) is 10.2. The number of halogens is 2. The first-order valence-corrected chi connectivity index (χ1v) is 6.89. The Morgan fingerprint density at radius 2 is 2.00 bits per heavy atom. The lowest BCUT2D eigenvalue weighted by Crippen LogP contribution is -2.11. The van der Waals surface area contributed by atoms with E-state index in [4.69, 9.17) is 20.6 Å². The molecule has 21 heavy (non-hydrogen) atoms. The lowest BCUT2D eigenvalue weighted by atomic mass is 10.2. The average Bonchev–Trinajstić information content (AvgIpc) is 2.48. The van der Waals surface area contributed by atoms with Gasteiger partial charge in [0.15, 0.2) is 0 Å². The summed E-state index contributed by atoms with van der Waals surface area (Å²) in [4.78, 5) is 0. The van der Waals surface area contributed by atoms with Gasteiger partial charge in [0.1, 0.15) is 29.8 Å². The summed E-state index contributed by atoms with van der Waals surface area (Å²) >= 11 is 3.19. The van der Waals surface area contributed by atoms with Crippen LogP contribution in [0, 0.1) is 11.2 Å². The van der Waals surface area contributed by atoms with Crippen molar-refractivity contribution in [2.24, 2.45) is 5.73 Å². The molecular weight excluding hydrogens is 339 g/mol. The second-order valence-electron chi connectivity index (χ2n) is 4.31. The van der Waals surface area contributed by atoms with E-state index in [9.17, 15) is 4.39 Å². The van der Waals surface area contributed by atoms with Gasteiger partial charge in [-0.25, -0.2) is 4.39 Å². The Bertz CT molecular complexity index is 677. The molecule has 0 saturated carbocycles. The molecule has 0 radical (unpaired) electrons. The van der Waals surface area contributed by atoms with Gasteiger partial charge in [0, 0.05) is 17.2 Å². The molecule has 0 unspecified atom stereocenters. The fourth-order valence-electron chi connectivity index (χ4n) is 1.75. The number of benzene rings is 2. The first kappa shape index (κ1) is 15.3. The first-order valence-electron chi connectivity index (χ1n) is 6.10. The maximum atomic E-state index is 13.4. The van der Waals surface area contributed by atoms with Gasteiger partial charge in [-0.15, -0.1) is 0 Å². The summed E-state index contributed by atoms with van der Waals surface area (Å²) in [7, 11) is 1.52. The van der Waals surface area contributed by atoms with E-state index in [2.05, 4.69) is 15.9 Å². The van der Waals surface area contributed by atoms with Gasteiger partial charge in [0.25, 0.3) is 0 Å². The highest BCUT2D eigenvalue weighted by molar-refractivity contribution is 9.10. The summed E-state index contributed by atoms with van der Waals surface area (Å²) in [5.74, 6) is 0.614. The van der Waals surface area contributed by atoms with Crippen LogP contribution in [0.5, 0.6) is 11.5 Å². The largest absolute Gasteiger partial charge is 0.497 e. The minimum Gasteiger partial charge on any atom is -0.497 e. The molecule has 0 atom stereocenters. The highest BCUT2D eigenvalue weighted by Gasteiger charge is 2.08. The van der Waals surface area contributed by atoms with Gasteiger partial charge < -0.3 is 15.2 Å². The number of nitrogens with two attached hydrogens (primary N) is 1. The van der Waals surface area contributed by atoms with Gasteiger partial charge in [-0.1, -0.05) is 12.1 Å². The van der Waals surface area contributed by atoms with Crippen LogP contribution >= 0.6 is 15.9 Å². The minimum absolute atomic E-state index is 0.0781. The molecule has 0 aliphatic carbocycles. The molecule has 4 nitrogen and oxygen atoms in total. The van der Waals surface area contributed by atoms with Crippen LogP contribution in [0.15, 0.2) is 40.9 Å². The zero-order valence-electron chi connectivity index (χ0n) is 11.3. The van der Waals surface area contributed by atoms with Gasteiger partial charge in [-0.05, 0) is 34.1 Å². The van der Waals surface area contributed by atoms with Crippen LogP contribution in [0.2, 0.25) is 0 Å². The number of nitrogens with one attached hydrogen (secondary N) is 1. The Hall–Kier alpha value is -2.08. The third kappa shape index (κ3) is 3.72. The fourth-order valence-corrected chi connectivity index (χ4v) is 2.13. The van der Waals surface area contributed by atoms with Crippen LogP contribution in [0.3, 0.4) is 0 Å². The van der Waals surface area contributed by atoms with Crippen molar-refractivity contribution in [2.75, 3.05) is 7.11 Å². The molecule has 2 aromatic rings. The summed E-state index contributed by atoms with van der Waals surface area (Å²) in [5.41, 5.74) is 6.66. The molecule has 6 heteroatoms. The molecular formula is C15H14BrFN2O2. The highest BCUT2D eigenvalue weighted by Crippen LogP contribution is 2.25. The number of amidine groups is 1. The van der Waals surface area contributed by atoms with Crippen molar-refractivity contribution in [1.82, 2.24) is 0 Å². The second-order valence-corrected chi connectivity index (χ2v) is 5.11. The topological polar surface area (TPSA) is 68.3 Å². The number of hydrogen-bond donors (Lipinski definition) is 2. The van der Waals surface area contributed by atoms with Crippen LogP contribution in [-0.4, -0.2) is 12.9 Å². The van der Waals surface area contributed by atoms with Gasteiger partial charge in [0.05, 0.1) is 11.6 Å².